The second kappa shape index (κ2) is 4.37. The molecule has 2 N–H and O–H groups in total. The van der Waals surface area contributed by atoms with E-state index >= 15 is 0 Å². The summed E-state index contributed by atoms with van der Waals surface area (Å²) in [6.45, 7) is 3.11. The van der Waals surface area contributed by atoms with E-state index in [4.69, 9.17) is 11.6 Å². The second-order valence-corrected chi connectivity index (χ2v) is 5.00. The molecule has 18 heavy (non-hydrogen) atoms. The molecule has 0 aromatic carbocycles. The molecule has 7 heteroatoms. The summed E-state index contributed by atoms with van der Waals surface area (Å²) in [4.78, 5) is 10.5. The van der Waals surface area contributed by atoms with Crippen molar-refractivity contribution in [3.8, 4) is 0 Å². The number of aromatic amines is 1. The van der Waals surface area contributed by atoms with E-state index in [-0.39, 0.29) is 17.9 Å². The van der Waals surface area contributed by atoms with Crippen molar-refractivity contribution in [2.75, 3.05) is 18.1 Å². The molecule has 2 atom stereocenters. The Kier molecular flexibility index (Phi) is 2.83. The lowest BCUT2D eigenvalue weighted by Crippen LogP contribution is -2.35. The predicted molar refractivity (Wildman–Crippen MR) is 68.7 cm³/mol. The normalized spacial score (nSPS) is 24.1. The van der Waals surface area contributed by atoms with Gasteiger partial charge in [-0.1, -0.05) is 6.92 Å². The lowest BCUT2D eigenvalue weighted by molar-refractivity contribution is 0.244. The maximum Gasteiger partial charge on any atom is 0.226 e. The highest BCUT2D eigenvalue weighted by Gasteiger charge is 2.32. The summed E-state index contributed by atoms with van der Waals surface area (Å²) in [5.41, 5.74) is 0.626. The SMILES string of the molecule is CC1CCN(c2nc(Cl)nc3[nH]ncc23)C1CO. The van der Waals surface area contributed by atoms with Crippen molar-refractivity contribution in [3.63, 3.8) is 0 Å². The van der Waals surface area contributed by atoms with Crippen LogP contribution in [0, 0.1) is 5.92 Å². The molecule has 1 fully saturated rings. The fraction of sp³-hybridized carbons (Fsp3) is 0.545. The largest absolute Gasteiger partial charge is 0.394 e. The summed E-state index contributed by atoms with van der Waals surface area (Å²) in [6.07, 6.45) is 2.73. The minimum Gasteiger partial charge on any atom is -0.394 e. The van der Waals surface area contributed by atoms with Crippen LogP contribution >= 0.6 is 11.6 Å². The Morgan fingerprint density at radius 2 is 2.39 bits per heavy atom. The molecule has 96 valence electrons. The Bertz CT molecular complexity index is 572. The minimum absolute atomic E-state index is 0.0778. The molecule has 6 nitrogen and oxygen atoms in total. The molecule has 3 rings (SSSR count). The first-order valence-corrected chi connectivity index (χ1v) is 6.32. The van der Waals surface area contributed by atoms with Crippen LogP contribution in [0.1, 0.15) is 13.3 Å². The van der Waals surface area contributed by atoms with Gasteiger partial charge in [0.2, 0.25) is 5.28 Å². The third-order valence-corrected chi connectivity index (χ3v) is 3.77. The molecule has 2 unspecified atom stereocenters. The second-order valence-electron chi connectivity index (χ2n) is 4.66. The molecule has 1 aliphatic rings. The van der Waals surface area contributed by atoms with Crippen LogP contribution < -0.4 is 4.90 Å². The van der Waals surface area contributed by atoms with E-state index in [2.05, 4.69) is 32.0 Å². The summed E-state index contributed by atoms with van der Waals surface area (Å²) in [5, 5.41) is 17.3. The van der Waals surface area contributed by atoms with E-state index in [0.717, 1.165) is 24.2 Å². The number of fused-ring (bicyclic) bond motifs is 1. The number of halogens is 1. The maximum atomic E-state index is 9.52. The Hall–Kier alpha value is -1.40. The molecule has 0 amide bonds. The van der Waals surface area contributed by atoms with Crippen LogP contribution in [-0.2, 0) is 0 Å². The number of aliphatic hydroxyl groups is 1. The molecular formula is C11H14ClN5O. The van der Waals surface area contributed by atoms with Gasteiger partial charge in [0, 0.05) is 6.54 Å². The Labute approximate surface area is 109 Å². The molecular weight excluding hydrogens is 254 g/mol. The van der Waals surface area contributed by atoms with Crippen LogP contribution in [-0.4, -0.2) is 44.5 Å². The lowest BCUT2D eigenvalue weighted by Gasteiger charge is -2.26. The highest BCUT2D eigenvalue weighted by atomic mass is 35.5. The van der Waals surface area contributed by atoms with E-state index in [0.29, 0.717) is 11.6 Å². The minimum atomic E-state index is 0.0778. The van der Waals surface area contributed by atoms with Crippen LogP contribution in [0.15, 0.2) is 6.20 Å². The van der Waals surface area contributed by atoms with Crippen molar-refractivity contribution in [3.05, 3.63) is 11.5 Å². The van der Waals surface area contributed by atoms with Gasteiger partial charge in [-0.05, 0) is 23.9 Å². The van der Waals surface area contributed by atoms with Crippen LogP contribution in [0.2, 0.25) is 5.28 Å². The van der Waals surface area contributed by atoms with Gasteiger partial charge in [-0.25, -0.2) is 0 Å². The number of rotatable bonds is 2. The first-order valence-electron chi connectivity index (χ1n) is 5.95. The van der Waals surface area contributed by atoms with E-state index in [1.165, 1.54) is 0 Å². The van der Waals surface area contributed by atoms with Crippen LogP contribution in [0.3, 0.4) is 0 Å². The van der Waals surface area contributed by atoms with E-state index < -0.39 is 0 Å². The summed E-state index contributed by atoms with van der Waals surface area (Å²) in [7, 11) is 0. The van der Waals surface area contributed by atoms with Crippen LogP contribution in [0.5, 0.6) is 0 Å². The third-order valence-electron chi connectivity index (χ3n) is 3.60. The van der Waals surface area contributed by atoms with Gasteiger partial charge in [0.1, 0.15) is 5.82 Å². The zero-order chi connectivity index (χ0) is 12.7. The van der Waals surface area contributed by atoms with Crippen molar-refractivity contribution >= 4 is 28.5 Å². The zero-order valence-corrected chi connectivity index (χ0v) is 10.7. The number of hydrogen-bond donors (Lipinski definition) is 2. The van der Waals surface area contributed by atoms with Crippen molar-refractivity contribution < 1.29 is 5.11 Å². The van der Waals surface area contributed by atoms with Gasteiger partial charge in [-0.3, -0.25) is 5.10 Å². The molecule has 0 radical (unpaired) electrons. The summed E-state index contributed by atoms with van der Waals surface area (Å²) < 4.78 is 0. The molecule has 1 saturated heterocycles. The zero-order valence-electron chi connectivity index (χ0n) is 9.97. The van der Waals surface area contributed by atoms with Crippen LogP contribution in [0.25, 0.3) is 11.0 Å². The van der Waals surface area contributed by atoms with E-state index in [1.54, 1.807) is 6.20 Å². The average Bonchev–Trinajstić information content (AvgIpc) is 2.93. The Morgan fingerprint density at radius 1 is 1.56 bits per heavy atom. The monoisotopic (exact) mass is 267 g/mol. The Morgan fingerprint density at radius 3 is 3.17 bits per heavy atom. The molecule has 1 aliphatic heterocycles. The fourth-order valence-corrected chi connectivity index (χ4v) is 2.73. The van der Waals surface area contributed by atoms with E-state index in [1.807, 2.05) is 0 Å². The molecule has 0 saturated carbocycles. The quantitative estimate of drug-likeness (QED) is 0.800. The highest BCUT2D eigenvalue weighted by Crippen LogP contribution is 2.32. The van der Waals surface area contributed by atoms with Crippen LogP contribution in [0.4, 0.5) is 5.82 Å². The predicted octanol–water partition coefficient (Wildman–Crippen LogP) is 1.21. The van der Waals surface area contributed by atoms with Gasteiger partial charge < -0.3 is 10.0 Å². The van der Waals surface area contributed by atoms with Gasteiger partial charge in [0.25, 0.3) is 0 Å². The van der Waals surface area contributed by atoms with Crippen molar-refractivity contribution in [2.24, 2.45) is 5.92 Å². The summed E-state index contributed by atoms with van der Waals surface area (Å²) in [6, 6.07) is 0.0778. The fourth-order valence-electron chi connectivity index (χ4n) is 2.56. The molecule has 0 bridgehead atoms. The number of nitrogens with one attached hydrogen (secondary N) is 1. The molecule has 0 aliphatic carbocycles. The van der Waals surface area contributed by atoms with Crippen molar-refractivity contribution in [1.29, 1.82) is 0 Å². The standard InChI is InChI=1S/C11H14ClN5O/c1-6-2-3-17(8(6)5-18)10-7-4-13-16-9(7)14-11(12)15-10/h4,6,8,18H,2-3,5H2,1H3,(H,13,14,15,16). The van der Waals surface area contributed by atoms with Gasteiger partial charge >= 0.3 is 0 Å². The third kappa shape index (κ3) is 1.72. The topological polar surface area (TPSA) is 77.9 Å². The smallest absolute Gasteiger partial charge is 0.226 e. The van der Waals surface area contributed by atoms with Gasteiger partial charge in [-0.2, -0.15) is 15.1 Å². The average molecular weight is 268 g/mol. The summed E-state index contributed by atoms with van der Waals surface area (Å²) in [5.74, 6) is 1.19. The number of aliphatic hydroxyl groups excluding tert-OH is 1. The molecule has 3 heterocycles. The Balaban J connectivity index is 2.11. The first-order chi connectivity index (χ1) is 8.70. The summed E-state index contributed by atoms with van der Waals surface area (Å²) >= 11 is 5.93. The number of hydrogen-bond acceptors (Lipinski definition) is 5. The van der Waals surface area contributed by atoms with Crippen molar-refractivity contribution in [2.45, 2.75) is 19.4 Å². The van der Waals surface area contributed by atoms with E-state index in [9.17, 15) is 5.11 Å². The molecule has 0 spiro atoms. The number of anilines is 1. The highest BCUT2D eigenvalue weighted by molar-refractivity contribution is 6.28. The van der Waals surface area contributed by atoms with Gasteiger partial charge in [-0.15, -0.1) is 0 Å². The van der Waals surface area contributed by atoms with Gasteiger partial charge in [0.15, 0.2) is 5.65 Å². The number of H-pyrrole nitrogens is 1. The first kappa shape index (κ1) is 11.7. The van der Waals surface area contributed by atoms with Crippen molar-refractivity contribution in [1.82, 2.24) is 20.2 Å². The molecule has 2 aromatic heterocycles. The molecule has 2 aromatic rings. The van der Waals surface area contributed by atoms with Gasteiger partial charge in [0.05, 0.1) is 24.2 Å². The maximum absolute atomic E-state index is 9.52. The lowest BCUT2D eigenvalue weighted by atomic mass is 10.0. The number of nitrogens with zero attached hydrogens (tertiary/aromatic N) is 4. The number of aromatic nitrogens is 4.